The van der Waals surface area contributed by atoms with E-state index in [0.717, 1.165) is 24.2 Å². The maximum Gasteiger partial charge on any atom is 0.247 e. The van der Waals surface area contributed by atoms with E-state index in [1.807, 2.05) is 6.92 Å². The van der Waals surface area contributed by atoms with Crippen molar-refractivity contribution in [2.75, 3.05) is 19.6 Å². The molecule has 1 rings (SSSR count). The lowest BCUT2D eigenvalue weighted by Gasteiger charge is -2.21. The van der Waals surface area contributed by atoms with Crippen molar-refractivity contribution in [3.05, 3.63) is 11.1 Å². The highest BCUT2D eigenvalue weighted by Crippen LogP contribution is 2.08. The number of carbonyl (C=O) groups is 1. The third-order valence-corrected chi connectivity index (χ3v) is 2.11. The zero-order valence-electron chi connectivity index (χ0n) is 8.05. The van der Waals surface area contributed by atoms with Gasteiger partial charge >= 0.3 is 0 Å². The Morgan fingerprint density at radius 1 is 1.69 bits per heavy atom. The van der Waals surface area contributed by atoms with Crippen molar-refractivity contribution in [1.29, 1.82) is 0 Å². The third kappa shape index (κ3) is 2.82. The van der Waals surface area contributed by atoms with Gasteiger partial charge in [0.1, 0.15) is 0 Å². The Hall–Kier alpha value is -0.870. The summed E-state index contributed by atoms with van der Waals surface area (Å²) in [5, 5.41) is 14.7. The van der Waals surface area contributed by atoms with E-state index in [1.54, 1.807) is 6.92 Å². The summed E-state index contributed by atoms with van der Waals surface area (Å²) in [7, 11) is 0. The van der Waals surface area contributed by atoms with Gasteiger partial charge in [0.15, 0.2) is 0 Å². The molecule has 1 fully saturated rings. The van der Waals surface area contributed by atoms with Crippen LogP contribution in [0, 0.1) is 0 Å². The van der Waals surface area contributed by atoms with Gasteiger partial charge in [0, 0.05) is 25.2 Å². The fraction of sp³-hybridized carbons (Fsp3) is 0.667. The van der Waals surface area contributed by atoms with Crippen LogP contribution in [0.2, 0.25) is 0 Å². The fourth-order valence-corrected chi connectivity index (χ4v) is 1.05. The average Bonchev–Trinajstić information content (AvgIpc) is 1.96. The minimum atomic E-state index is -0.485. The molecule has 0 aromatic rings. The topological polar surface area (TPSA) is 61.4 Å². The highest BCUT2D eigenvalue weighted by atomic mass is 16.3. The van der Waals surface area contributed by atoms with E-state index >= 15 is 0 Å². The molecule has 0 aromatic carbocycles. The molecular weight excluding hydrogens is 168 g/mol. The molecule has 13 heavy (non-hydrogen) atoms. The third-order valence-electron chi connectivity index (χ3n) is 2.11. The Labute approximate surface area is 78.0 Å². The lowest BCUT2D eigenvalue weighted by Crippen LogP contribution is -2.38. The van der Waals surface area contributed by atoms with E-state index in [2.05, 4.69) is 10.6 Å². The predicted octanol–water partition coefficient (Wildman–Crippen LogP) is -0.597. The molecule has 0 aliphatic carbocycles. The molecule has 1 aliphatic heterocycles. The maximum atomic E-state index is 11.4. The molecule has 3 N–H and O–H groups in total. The lowest BCUT2D eigenvalue weighted by atomic mass is 10.0. The highest BCUT2D eigenvalue weighted by molar-refractivity contribution is 5.93. The van der Waals surface area contributed by atoms with Gasteiger partial charge in [-0.3, -0.25) is 4.79 Å². The van der Waals surface area contributed by atoms with E-state index < -0.39 is 6.10 Å². The van der Waals surface area contributed by atoms with E-state index in [1.165, 1.54) is 0 Å². The molecule has 1 amide bonds. The average molecular weight is 184 g/mol. The summed E-state index contributed by atoms with van der Waals surface area (Å²) in [5.74, 6) is -0.0719. The second kappa shape index (κ2) is 4.39. The number of nitrogens with one attached hydrogen (secondary N) is 2. The monoisotopic (exact) mass is 184 g/mol. The second-order valence-electron chi connectivity index (χ2n) is 3.39. The van der Waals surface area contributed by atoms with Gasteiger partial charge < -0.3 is 15.7 Å². The van der Waals surface area contributed by atoms with Crippen molar-refractivity contribution in [3.63, 3.8) is 0 Å². The van der Waals surface area contributed by atoms with Crippen molar-refractivity contribution in [2.45, 2.75) is 20.0 Å². The van der Waals surface area contributed by atoms with Crippen molar-refractivity contribution < 1.29 is 9.90 Å². The van der Waals surface area contributed by atoms with Crippen LogP contribution in [-0.2, 0) is 4.79 Å². The number of carbonyl (C=O) groups excluding carboxylic acids is 1. The molecule has 1 heterocycles. The molecule has 0 radical (unpaired) electrons. The molecule has 1 atom stereocenters. The normalized spacial score (nSPS) is 17.6. The molecule has 0 bridgehead atoms. The lowest BCUT2D eigenvalue weighted by molar-refractivity contribution is -0.117. The van der Waals surface area contributed by atoms with Gasteiger partial charge in [-0.15, -0.1) is 0 Å². The minimum absolute atomic E-state index is 0.0719. The molecule has 0 saturated carbocycles. The van der Waals surface area contributed by atoms with Crippen molar-refractivity contribution in [1.82, 2.24) is 10.6 Å². The standard InChI is InChI=1S/C9H16N2O2/c1-6(12)3-11-9(13)7(2)8-4-10-5-8/h6,10,12H,3-5H2,1-2H3,(H,11,13)/t6-/m1/s1. The first kappa shape index (κ1) is 10.2. The summed E-state index contributed by atoms with van der Waals surface area (Å²) < 4.78 is 0. The fourth-order valence-electron chi connectivity index (χ4n) is 1.05. The van der Waals surface area contributed by atoms with Crippen LogP contribution in [0.3, 0.4) is 0 Å². The van der Waals surface area contributed by atoms with Gasteiger partial charge in [-0.25, -0.2) is 0 Å². The molecule has 74 valence electrons. The van der Waals surface area contributed by atoms with Crippen LogP contribution in [0.1, 0.15) is 13.8 Å². The Morgan fingerprint density at radius 3 is 2.69 bits per heavy atom. The molecular formula is C9H16N2O2. The van der Waals surface area contributed by atoms with Crippen LogP contribution in [0.25, 0.3) is 0 Å². The second-order valence-corrected chi connectivity index (χ2v) is 3.39. The summed E-state index contributed by atoms with van der Waals surface area (Å²) in [6.45, 7) is 5.40. The van der Waals surface area contributed by atoms with Crippen LogP contribution in [-0.4, -0.2) is 36.8 Å². The molecule has 4 heteroatoms. The maximum absolute atomic E-state index is 11.4. The van der Waals surface area contributed by atoms with Crippen LogP contribution in [0.15, 0.2) is 11.1 Å². The van der Waals surface area contributed by atoms with Crippen molar-refractivity contribution >= 4 is 5.91 Å². The summed E-state index contributed by atoms with van der Waals surface area (Å²) in [6.07, 6.45) is -0.485. The molecule has 4 nitrogen and oxygen atoms in total. The first-order valence-corrected chi connectivity index (χ1v) is 4.47. The van der Waals surface area contributed by atoms with E-state index in [0.29, 0.717) is 6.54 Å². The number of aliphatic hydroxyl groups is 1. The SMILES string of the molecule is CC(C(=O)NC[C@@H](C)O)=C1CNC1. The summed E-state index contributed by atoms with van der Waals surface area (Å²) in [4.78, 5) is 11.4. The van der Waals surface area contributed by atoms with E-state index in [4.69, 9.17) is 5.11 Å². The predicted molar refractivity (Wildman–Crippen MR) is 50.3 cm³/mol. The summed E-state index contributed by atoms with van der Waals surface area (Å²) in [6, 6.07) is 0. The largest absolute Gasteiger partial charge is 0.392 e. The zero-order valence-corrected chi connectivity index (χ0v) is 8.05. The van der Waals surface area contributed by atoms with Crippen LogP contribution >= 0.6 is 0 Å². The van der Waals surface area contributed by atoms with Crippen molar-refractivity contribution in [3.8, 4) is 0 Å². The Kier molecular flexibility index (Phi) is 3.45. The Balaban J connectivity index is 2.39. The Bertz CT molecular complexity index is 228. The smallest absolute Gasteiger partial charge is 0.247 e. The molecule has 1 saturated heterocycles. The van der Waals surface area contributed by atoms with E-state index in [9.17, 15) is 4.79 Å². The quantitative estimate of drug-likeness (QED) is 0.513. The van der Waals surface area contributed by atoms with Gasteiger partial charge in [-0.2, -0.15) is 0 Å². The first-order valence-electron chi connectivity index (χ1n) is 4.47. The van der Waals surface area contributed by atoms with Gasteiger partial charge in [-0.05, 0) is 19.4 Å². The Morgan fingerprint density at radius 2 is 2.31 bits per heavy atom. The number of rotatable bonds is 3. The van der Waals surface area contributed by atoms with Crippen LogP contribution in [0.4, 0.5) is 0 Å². The highest BCUT2D eigenvalue weighted by Gasteiger charge is 2.15. The number of hydrogen-bond acceptors (Lipinski definition) is 3. The van der Waals surface area contributed by atoms with Crippen LogP contribution in [0.5, 0.6) is 0 Å². The summed E-state index contributed by atoms with van der Waals surface area (Å²) in [5.41, 5.74) is 1.93. The van der Waals surface area contributed by atoms with Crippen LogP contribution < -0.4 is 10.6 Å². The van der Waals surface area contributed by atoms with Gasteiger partial charge in [0.25, 0.3) is 0 Å². The molecule has 0 spiro atoms. The molecule has 0 aromatic heterocycles. The number of amides is 1. The minimum Gasteiger partial charge on any atom is -0.392 e. The number of aliphatic hydroxyl groups excluding tert-OH is 1. The summed E-state index contributed by atoms with van der Waals surface area (Å²) >= 11 is 0. The van der Waals surface area contributed by atoms with Gasteiger partial charge in [-0.1, -0.05) is 0 Å². The number of hydrogen-bond donors (Lipinski definition) is 3. The zero-order chi connectivity index (χ0) is 9.84. The first-order chi connectivity index (χ1) is 6.11. The van der Waals surface area contributed by atoms with E-state index in [-0.39, 0.29) is 5.91 Å². The molecule has 0 unspecified atom stereocenters. The van der Waals surface area contributed by atoms with Crippen molar-refractivity contribution in [2.24, 2.45) is 0 Å². The van der Waals surface area contributed by atoms with Gasteiger partial charge in [0.05, 0.1) is 6.10 Å². The van der Waals surface area contributed by atoms with Gasteiger partial charge in [0.2, 0.25) is 5.91 Å². The molecule has 1 aliphatic rings.